The van der Waals surface area contributed by atoms with Crippen molar-refractivity contribution in [1.82, 2.24) is 9.97 Å². The van der Waals surface area contributed by atoms with Crippen LogP contribution in [0.4, 0.5) is 0 Å². The molecule has 0 fully saturated rings. The lowest BCUT2D eigenvalue weighted by Crippen LogP contribution is -1.77. The first-order chi connectivity index (χ1) is 9.83. The molecule has 106 valence electrons. The molecule has 2 nitrogen and oxygen atoms in total. The number of aromatic amines is 1. The number of H-pyrrole nitrogens is 1. The molecule has 3 aromatic rings. The van der Waals surface area contributed by atoms with Crippen molar-refractivity contribution in [3.05, 3.63) is 54.4 Å². The molecule has 2 heteroatoms. The van der Waals surface area contributed by atoms with Crippen molar-refractivity contribution in [1.29, 1.82) is 0 Å². The average Bonchev–Trinajstić information content (AvgIpc) is 2.91. The maximum Gasteiger partial charge on any atom is 0.104 e. The van der Waals surface area contributed by atoms with E-state index in [-0.39, 0.29) is 0 Å². The van der Waals surface area contributed by atoms with E-state index in [1.165, 1.54) is 11.1 Å². The Morgan fingerprint density at radius 1 is 0.800 bits per heavy atom. The summed E-state index contributed by atoms with van der Waals surface area (Å²) in [4.78, 5) is 7.65. The fourth-order valence-electron chi connectivity index (χ4n) is 1.95. The molecular formula is C18H24N2. The Balaban J connectivity index is 0.000000461. The summed E-state index contributed by atoms with van der Waals surface area (Å²) < 4.78 is 0. The number of nitrogens with one attached hydrogen (secondary N) is 1. The molecule has 0 aliphatic rings. The Bertz CT molecular complexity index is 624. The van der Waals surface area contributed by atoms with Crippen LogP contribution in [0.1, 0.15) is 33.5 Å². The second kappa shape index (κ2) is 8.16. The van der Waals surface area contributed by atoms with E-state index < -0.39 is 0 Å². The van der Waals surface area contributed by atoms with Gasteiger partial charge in [0, 0.05) is 0 Å². The van der Waals surface area contributed by atoms with Crippen molar-refractivity contribution in [2.24, 2.45) is 0 Å². The highest BCUT2D eigenvalue weighted by Gasteiger charge is 2.01. The molecule has 0 aliphatic carbocycles. The molecule has 0 saturated carbocycles. The summed E-state index contributed by atoms with van der Waals surface area (Å²) in [5, 5.41) is 0. The standard InChI is InChI=1S/C14H12N2.2C2H6/c1-10-15-13-8-7-12(9-14(13)16-10)11-5-3-2-4-6-11;2*1-2/h2-9H,1H3,(H,15,16);2*1-2H3. The minimum absolute atomic E-state index is 0.959. The minimum atomic E-state index is 0.959. The Kier molecular flexibility index (Phi) is 6.51. The van der Waals surface area contributed by atoms with Crippen LogP contribution in [0, 0.1) is 6.92 Å². The van der Waals surface area contributed by atoms with Gasteiger partial charge < -0.3 is 4.98 Å². The molecule has 0 amide bonds. The molecule has 0 spiro atoms. The number of rotatable bonds is 1. The van der Waals surface area contributed by atoms with Crippen molar-refractivity contribution < 1.29 is 0 Å². The molecule has 0 atom stereocenters. The quantitative estimate of drug-likeness (QED) is 0.612. The molecule has 20 heavy (non-hydrogen) atoms. The molecule has 0 radical (unpaired) electrons. The number of hydrogen-bond acceptors (Lipinski definition) is 1. The third-order valence-corrected chi connectivity index (χ3v) is 2.71. The molecule has 2 aromatic carbocycles. The lowest BCUT2D eigenvalue weighted by molar-refractivity contribution is 1.17. The highest BCUT2D eigenvalue weighted by molar-refractivity contribution is 5.81. The summed E-state index contributed by atoms with van der Waals surface area (Å²) in [5.74, 6) is 0.959. The fraction of sp³-hybridized carbons (Fsp3) is 0.278. The van der Waals surface area contributed by atoms with Crippen LogP contribution in [0.3, 0.4) is 0 Å². The van der Waals surface area contributed by atoms with Crippen LogP contribution in [-0.4, -0.2) is 9.97 Å². The van der Waals surface area contributed by atoms with E-state index in [1.807, 2.05) is 40.7 Å². The normalized spacial score (nSPS) is 9.25. The van der Waals surface area contributed by atoms with Gasteiger partial charge in [-0.3, -0.25) is 0 Å². The van der Waals surface area contributed by atoms with Gasteiger partial charge in [0.2, 0.25) is 0 Å². The SMILES string of the molecule is CC.CC.Cc1nc2ccc(-c3ccccc3)cc2[nH]1. The summed E-state index contributed by atoms with van der Waals surface area (Å²) in [7, 11) is 0. The Hall–Kier alpha value is -2.09. The van der Waals surface area contributed by atoms with Gasteiger partial charge in [-0.2, -0.15) is 0 Å². The van der Waals surface area contributed by atoms with E-state index >= 15 is 0 Å². The molecule has 3 rings (SSSR count). The number of aromatic nitrogens is 2. The molecule has 0 bridgehead atoms. The van der Waals surface area contributed by atoms with E-state index in [4.69, 9.17) is 0 Å². The summed E-state index contributed by atoms with van der Waals surface area (Å²) >= 11 is 0. The molecule has 0 unspecified atom stereocenters. The van der Waals surface area contributed by atoms with Crippen LogP contribution in [0.15, 0.2) is 48.5 Å². The highest BCUT2D eigenvalue weighted by atomic mass is 14.9. The topological polar surface area (TPSA) is 28.7 Å². The van der Waals surface area contributed by atoms with Gasteiger partial charge in [-0.15, -0.1) is 0 Å². The number of imidazole rings is 1. The fourth-order valence-corrected chi connectivity index (χ4v) is 1.95. The molecule has 0 saturated heterocycles. The van der Waals surface area contributed by atoms with Crippen LogP contribution < -0.4 is 0 Å². The number of nitrogens with zero attached hydrogens (tertiary/aromatic N) is 1. The van der Waals surface area contributed by atoms with Gasteiger partial charge in [-0.25, -0.2) is 4.98 Å². The van der Waals surface area contributed by atoms with Crippen molar-refractivity contribution >= 4 is 11.0 Å². The smallest absolute Gasteiger partial charge is 0.104 e. The third kappa shape index (κ3) is 3.70. The zero-order chi connectivity index (χ0) is 15.0. The number of benzene rings is 2. The number of hydrogen-bond donors (Lipinski definition) is 1. The lowest BCUT2D eigenvalue weighted by Gasteiger charge is -2.00. The van der Waals surface area contributed by atoms with Gasteiger partial charge in [0.1, 0.15) is 5.82 Å². The Labute approximate surface area is 121 Å². The molecule has 0 aliphatic heterocycles. The predicted octanol–water partition coefficient (Wildman–Crippen LogP) is 5.59. The van der Waals surface area contributed by atoms with E-state index in [1.54, 1.807) is 0 Å². The minimum Gasteiger partial charge on any atom is -0.342 e. The summed E-state index contributed by atoms with van der Waals surface area (Å²) in [6.45, 7) is 9.97. The Morgan fingerprint density at radius 2 is 1.45 bits per heavy atom. The monoisotopic (exact) mass is 268 g/mol. The summed E-state index contributed by atoms with van der Waals surface area (Å²) in [6, 6.07) is 16.7. The van der Waals surface area contributed by atoms with Crippen LogP contribution in [0.25, 0.3) is 22.2 Å². The third-order valence-electron chi connectivity index (χ3n) is 2.71. The highest BCUT2D eigenvalue weighted by Crippen LogP contribution is 2.22. The van der Waals surface area contributed by atoms with Gasteiger partial charge in [0.15, 0.2) is 0 Å². The van der Waals surface area contributed by atoms with Crippen molar-refractivity contribution in [3.63, 3.8) is 0 Å². The van der Waals surface area contributed by atoms with Crippen molar-refractivity contribution in [3.8, 4) is 11.1 Å². The van der Waals surface area contributed by atoms with E-state index in [0.29, 0.717) is 0 Å². The first kappa shape index (κ1) is 16.0. The van der Waals surface area contributed by atoms with Crippen LogP contribution in [-0.2, 0) is 0 Å². The first-order valence-electron chi connectivity index (χ1n) is 7.35. The van der Waals surface area contributed by atoms with Crippen molar-refractivity contribution in [2.75, 3.05) is 0 Å². The molecule has 1 N–H and O–H groups in total. The van der Waals surface area contributed by atoms with Gasteiger partial charge in [-0.05, 0) is 30.2 Å². The molecule has 1 aromatic heterocycles. The van der Waals surface area contributed by atoms with Gasteiger partial charge in [-0.1, -0.05) is 64.1 Å². The Morgan fingerprint density at radius 3 is 2.10 bits per heavy atom. The van der Waals surface area contributed by atoms with E-state index in [2.05, 4.69) is 52.4 Å². The molecule has 1 heterocycles. The first-order valence-corrected chi connectivity index (χ1v) is 7.35. The second-order valence-corrected chi connectivity index (χ2v) is 3.92. The number of aryl methyl sites for hydroxylation is 1. The van der Waals surface area contributed by atoms with Gasteiger partial charge >= 0.3 is 0 Å². The average molecular weight is 268 g/mol. The maximum atomic E-state index is 4.39. The van der Waals surface area contributed by atoms with Crippen LogP contribution in [0.5, 0.6) is 0 Å². The van der Waals surface area contributed by atoms with E-state index in [0.717, 1.165) is 16.9 Å². The van der Waals surface area contributed by atoms with Gasteiger partial charge in [0.25, 0.3) is 0 Å². The molecular weight excluding hydrogens is 244 g/mol. The largest absolute Gasteiger partial charge is 0.342 e. The zero-order valence-corrected chi connectivity index (χ0v) is 13.1. The van der Waals surface area contributed by atoms with Crippen LogP contribution >= 0.6 is 0 Å². The lowest BCUT2D eigenvalue weighted by atomic mass is 10.1. The number of fused-ring (bicyclic) bond motifs is 1. The van der Waals surface area contributed by atoms with Gasteiger partial charge in [0.05, 0.1) is 11.0 Å². The van der Waals surface area contributed by atoms with E-state index in [9.17, 15) is 0 Å². The second-order valence-electron chi connectivity index (χ2n) is 3.92. The van der Waals surface area contributed by atoms with Crippen molar-refractivity contribution in [2.45, 2.75) is 34.6 Å². The van der Waals surface area contributed by atoms with Crippen LogP contribution in [0.2, 0.25) is 0 Å². The maximum absolute atomic E-state index is 4.39. The summed E-state index contributed by atoms with van der Waals surface area (Å²) in [5.41, 5.74) is 4.57. The predicted molar refractivity (Wildman–Crippen MR) is 89.0 cm³/mol. The zero-order valence-electron chi connectivity index (χ0n) is 13.1. The summed E-state index contributed by atoms with van der Waals surface area (Å²) in [6.07, 6.45) is 0.